The monoisotopic (exact) mass is 311 g/mol. The number of benzene rings is 1. The number of nitrogens with zero attached hydrogens (tertiary/aromatic N) is 1. The molecule has 0 fully saturated rings. The van der Waals surface area contributed by atoms with E-state index in [0.717, 1.165) is 6.42 Å². The Morgan fingerprint density at radius 1 is 1.25 bits per heavy atom. The van der Waals surface area contributed by atoms with Crippen LogP contribution in [0.4, 0.5) is 0 Å². The predicted octanol–water partition coefficient (Wildman–Crippen LogP) is 4.26. The van der Waals surface area contributed by atoms with E-state index in [4.69, 9.17) is 27.9 Å². The number of ether oxygens (including phenoxy) is 1. The molecule has 0 aliphatic heterocycles. The van der Waals surface area contributed by atoms with Crippen LogP contribution in [0.1, 0.15) is 30.6 Å². The molecule has 0 bridgehead atoms. The Hall–Kier alpha value is -1.29. The highest BCUT2D eigenvalue weighted by molar-refractivity contribution is 6.35. The lowest BCUT2D eigenvalue weighted by molar-refractivity contribution is 0.219. The van der Waals surface area contributed by atoms with Gasteiger partial charge in [0.2, 0.25) is 0 Å². The van der Waals surface area contributed by atoms with Crippen LogP contribution < -0.4 is 4.74 Å². The van der Waals surface area contributed by atoms with Crippen molar-refractivity contribution in [3.05, 3.63) is 57.8 Å². The van der Waals surface area contributed by atoms with E-state index in [9.17, 15) is 5.11 Å². The summed E-state index contributed by atoms with van der Waals surface area (Å²) in [7, 11) is 0. The molecule has 1 atom stereocenters. The zero-order valence-corrected chi connectivity index (χ0v) is 12.5. The molecule has 0 radical (unpaired) electrons. The number of aromatic nitrogens is 1. The van der Waals surface area contributed by atoms with Gasteiger partial charge in [0.1, 0.15) is 11.9 Å². The molecule has 0 spiro atoms. The molecule has 0 aliphatic carbocycles. The van der Waals surface area contributed by atoms with Crippen molar-refractivity contribution in [3.63, 3.8) is 0 Å². The molecule has 1 unspecified atom stereocenters. The molecular weight excluding hydrogens is 297 g/mol. The fraction of sp³-hybridized carbons (Fsp3) is 0.267. The Morgan fingerprint density at radius 2 is 2.05 bits per heavy atom. The number of hydrogen-bond donors (Lipinski definition) is 1. The molecule has 1 N–H and O–H groups in total. The molecule has 3 nitrogen and oxygen atoms in total. The standard InChI is InChI=1S/C15H15Cl2NO2/c1-2-5-20-12-6-10(8-18-9-12)15(19)13-4-3-11(16)7-14(13)17/h3-4,6-9,15,19H,2,5H2,1H3. The molecule has 1 aromatic carbocycles. The smallest absolute Gasteiger partial charge is 0.137 e. The van der Waals surface area contributed by atoms with E-state index in [1.807, 2.05) is 6.92 Å². The largest absolute Gasteiger partial charge is 0.492 e. The lowest BCUT2D eigenvalue weighted by Gasteiger charge is -2.14. The van der Waals surface area contributed by atoms with Gasteiger partial charge in [0.15, 0.2) is 0 Å². The van der Waals surface area contributed by atoms with Crippen LogP contribution in [0.15, 0.2) is 36.7 Å². The molecule has 20 heavy (non-hydrogen) atoms. The predicted molar refractivity (Wildman–Crippen MR) is 80.5 cm³/mol. The lowest BCUT2D eigenvalue weighted by Crippen LogP contribution is -2.03. The third-order valence-electron chi connectivity index (χ3n) is 2.78. The summed E-state index contributed by atoms with van der Waals surface area (Å²) in [4.78, 5) is 4.08. The zero-order valence-electron chi connectivity index (χ0n) is 11.0. The summed E-state index contributed by atoms with van der Waals surface area (Å²) in [5.74, 6) is 0.633. The third kappa shape index (κ3) is 3.63. The molecule has 0 saturated carbocycles. The van der Waals surface area contributed by atoms with Crippen LogP contribution in [0.2, 0.25) is 10.0 Å². The summed E-state index contributed by atoms with van der Waals surface area (Å²) in [5.41, 5.74) is 1.22. The average Bonchev–Trinajstić information content (AvgIpc) is 2.45. The highest BCUT2D eigenvalue weighted by Crippen LogP contribution is 2.31. The molecule has 0 saturated heterocycles. The van der Waals surface area contributed by atoms with Crippen molar-refractivity contribution < 1.29 is 9.84 Å². The van der Waals surface area contributed by atoms with Gasteiger partial charge >= 0.3 is 0 Å². The number of hydrogen-bond acceptors (Lipinski definition) is 3. The molecule has 0 aliphatic rings. The van der Waals surface area contributed by atoms with E-state index >= 15 is 0 Å². The van der Waals surface area contributed by atoms with Gasteiger partial charge in [-0.25, -0.2) is 0 Å². The number of halogens is 2. The van der Waals surface area contributed by atoms with Crippen molar-refractivity contribution in [2.45, 2.75) is 19.4 Å². The second-order valence-corrected chi connectivity index (χ2v) is 5.21. The maximum absolute atomic E-state index is 10.4. The Bertz CT molecular complexity index is 590. The zero-order chi connectivity index (χ0) is 14.5. The normalized spacial score (nSPS) is 12.2. The minimum absolute atomic E-state index is 0.421. The van der Waals surface area contributed by atoms with Crippen LogP contribution in [0.3, 0.4) is 0 Å². The Kier molecular flexibility index (Phi) is 5.24. The topological polar surface area (TPSA) is 42.4 Å². The minimum atomic E-state index is -0.863. The maximum atomic E-state index is 10.4. The summed E-state index contributed by atoms with van der Waals surface area (Å²) < 4.78 is 5.50. The first-order valence-corrected chi connectivity index (χ1v) is 7.08. The van der Waals surface area contributed by atoms with Gasteiger partial charge in [-0.1, -0.05) is 36.2 Å². The number of rotatable bonds is 5. The number of pyridine rings is 1. The van der Waals surface area contributed by atoms with Gasteiger partial charge in [-0.15, -0.1) is 0 Å². The Morgan fingerprint density at radius 3 is 2.75 bits per heavy atom. The lowest BCUT2D eigenvalue weighted by atomic mass is 10.0. The highest BCUT2D eigenvalue weighted by atomic mass is 35.5. The van der Waals surface area contributed by atoms with Gasteiger partial charge in [-0.2, -0.15) is 0 Å². The number of aliphatic hydroxyl groups is 1. The average molecular weight is 312 g/mol. The van der Waals surface area contributed by atoms with Gasteiger partial charge in [-0.05, 0) is 24.6 Å². The highest BCUT2D eigenvalue weighted by Gasteiger charge is 2.15. The fourth-order valence-corrected chi connectivity index (χ4v) is 2.30. The van der Waals surface area contributed by atoms with Gasteiger partial charge in [0, 0.05) is 27.4 Å². The quantitative estimate of drug-likeness (QED) is 0.897. The van der Waals surface area contributed by atoms with Gasteiger partial charge in [0.25, 0.3) is 0 Å². The summed E-state index contributed by atoms with van der Waals surface area (Å²) in [6, 6.07) is 6.76. The molecule has 106 valence electrons. The van der Waals surface area contributed by atoms with E-state index < -0.39 is 6.10 Å². The van der Waals surface area contributed by atoms with Gasteiger partial charge in [0.05, 0.1) is 12.8 Å². The first-order valence-electron chi connectivity index (χ1n) is 6.32. The molecular formula is C15H15Cl2NO2. The van der Waals surface area contributed by atoms with Gasteiger partial charge < -0.3 is 9.84 Å². The Balaban J connectivity index is 2.26. The first kappa shape index (κ1) is 15.1. The van der Waals surface area contributed by atoms with Crippen molar-refractivity contribution in [2.75, 3.05) is 6.61 Å². The Labute approximate surface area is 128 Å². The second kappa shape index (κ2) is 6.93. The summed E-state index contributed by atoms with van der Waals surface area (Å²) in [6.45, 7) is 2.64. The fourth-order valence-electron chi connectivity index (χ4n) is 1.79. The van der Waals surface area contributed by atoms with Crippen molar-refractivity contribution in [2.24, 2.45) is 0 Å². The molecule has 1 aromatic heterocycles. The van der Waals surface area contributed by atoms with E-state index in [1.54, 1.807) is 36.7 Å². The summed E-state index contributed by atoms with van der Waals surface area (Å²) in [5, 5.41) is 11.3. The van der Waals surface area contributed by atoms with Crippen molar-refractivity contribution >= 4 is 23.2 Å². The number of aliphatic hydroxyl groups excluding tert-OH is 1. The molecule has 2 aromatic rings. The van der Waals surface area contributed by atoms with Crippen LogP contribution in [-0.4, -0.2) is 16.7 Å². The van der Waals surface area contributed by atoms with Crippen LogP contribution in [0, 0.1) is 0 Å². The third-order valence-corrected chi connectivity index (χ3v) is 3.34. The summed E-state index contributed by atoms with van der Waals surface area (Å²) in [6.07, 6.45) is 3.26. The van der Waals surface area contributed by atoms with Crippen LogP contribution in [-0.2, 0) is 0 Å². The SMILES string of the molecule is CCCOc1cncc(C(O)c2ccc(Cl)cc2Cl)c1. The van der Waals surface area contributed by atoms with Crippen LogP contribution >= 0.6 is 23.2 Å². The van der Waals surface area contributed by atoms with Crippen molar-refractivity contribution in [1.29, 1.82) is 0 Å². The van der Waals surface area contributed by atoms with E-state index in [-0.39, 0.29) is 0 Å². The van der Waals surface area contributed by atoms with Crippen LogP contribution in [0.25, 0.3) is 0 Å². The van der Waals surface area contributed by atoms with E-state index in [0.29, 0.717) is 33.5 Å². The molecule has 5 heteroatoms. The minimum Gasteiger partial charge on any atom is -0.492 e. The van der Waals surface area contributed by atoms with Crippen molar-refractivity contribution in [3.8, 4) is 5.75 Å². The maximum Gasteiger partial charge on any atom is 0.137 e. The van der Waals surface area contributed by atoms with E-state index in [1.165, 1.54) is 0 Å². The van der Waals surface area contributed by atoms with E-state index in [2.05, 4.69) is 4.98 Å². The molecule has 0 amide bonds. The van der Waals surface area contributed by atoms with Crippen LogP contribution in [0.5, 0.6) is 5.75 Å². The molecule has 1 heterocycles. The second-order valence-electron chi connectivity index (χ2n) is 4.37. The summed E-state index contributed by atoms with van der Waals surface area (Å²) >= 11 is 12.0. The molecule has 2 rings (SSSR count). The van der Waals surface area contributed by atoms with Crippen molar-refractivity contribution in [1.82, 2.24) is 4.98 Å². The first-order chi connectivity index (χ1) is 9.61. The van der Waals surface area contributed by atoms with Gasteiger partial charge in [-0.3, -0.25) is 4.98 Å².